The summed E-state index contributed by atoms with van der Waals surface area (Å²) >= 11 is 11.5. The number of halogens is 1. The van der Waals surface area contributed by atoms with Crippen LogP contribution in [0.15, 0.2) is 42.5 Å². The highest BCUT2D eigenvalue weighted by molar-refractivity contribution is 7.80. The second-order valence-electron chi connectivity index (χ2n) is 6.22. The van der Waals surface area contributed by atoms with Crippen LogP contribution in [0.3, 0.4) is 0 Å². The lowest BCUT2D eigenvalue weighted by Crippen LogP contribution is -2.22. The summed E-state index contributed by atoms with van der Waals surface area (Å²) in [7, 11) is 1.61. The molecule has 122 valence electrons. The van der Waals surface area contributed by atoms with Gasteiger partial charge in [-0.2, -0.15) is 0 Å². The number of thiocarbonyl (C=S) groups is 1. The fourth-order valence-corrected chi connectivity index (χ4v) is 2.69. The van der Waals surface area contributed by atoms with Gasteiger partial charge in [0.15, 0.2) is 5.11 Å². The predicted molar refractivity (Wildman–Crippen MR) is 103 cm³/mol. The van der Waals surface area contributed by atoms with Crippen LogP contribution in [0.4, 0.5) is 11.4 Å². The molecule has 0 radical (unpaired) electrons. The van der Waals surface area contributed by atoms with Crippen molar-refractivity contribution in [3.05, 3.63) is 53.1 Å². The monoisotopic (exact) mass is 348 g/mol. The van der Waals surface area contributed by atoms with Gasteiger partial charge >= 0.3 is 0 Å². The third kappa shape index (κ3) is 4.60. The third-order valence-corrected chi connectivity index (χ3v) is 3.83. The van der Waals surface area contributed by atoms with Crippen molar-refractivity contribution in [1.29, 1.82) is 0 Å². The first-order chi connectivity index (χ1) is 10.8. The Labute approximate surface area is 148 Å². The standard InChI is InChI=1S/C18H21ClN2OS/c1-18(2,3)13-7-5-6-8-14(13)20-17(23)21-15-11-12(19)9-10-16(15)22-4/h5-11H,1-4H3,(H2,20,21,23). The zero-order valence-corrected chi connectivity index (χ0v) is 15.3. The second kappa shape index (κ2) is 7.20. The topological polar surface area (TPSA) is 33.3 Å². The summed E-state index contributed by atoms with van der Waals surface area (Å²) in [5.41, 5.74) is 2.93. The molecule has 0 unspecified atom stereocenters. The number of methoxy groups -OCH3 is 1. The van der Waals surface area contributed by atoms with E-state index < -0.39 is 0 Å². The van der Waals surface area contributed by atoms with Gasteiger partial charge in [0.05, 0.1) is 12.8 Å². The molecule has 0 aromatic heterocycles. The van der Waals surface area contributed by atoms with Crippen LogP contribution in [0.2, 0.25) is 5.02 Å². The zero-order chi connectivity index (χ0) is 17.0. The lowest BCUT2D eigenvalue weighted by molar-refractivity contribution is 0.417. The fraction of sp³-hybridized carbons (Fsp3) is 0.278. The van der Waals surface area contributed by atoms with Gasteiger partial charge in [0.2, 0.25) is 0 Å². The van der Waals surface area contributed by atoms with Crippen molar-refractivity contribution in [1.82, 2.24) is 0 Å². The molecule has 3 nitrogen and oxygen atoms in total. The number of hydrogen-bond acceptors (Lipinski definition) is 2. The first-order valence-electron chi connectivity index (χ1n) is 7.32. The van der Waals surface area contributed by atoms with Gasteiger partial charge in [0.1, 0.15) is 5.75 Å². The molecule has 2 N–H and O–H groups in total. The number of anilines is 2. The lowest BCUT2D eigenvalue weighted by Gasteiger charge is -2.24. The summed E-state index contributed by atoms with van der Waals surface area (Å²) in [6.07, 6.45) is 0. The molecule has 5 heteroatoms. The predicted octanol–water partition coefficient (Wildman–Crippen LogP) is 5.46. The van der Waals surface area contributed by atoms with Crippen molar-refractivity contribution in [2.75, 3.05) is 17.7 Å². The van der Waals surface area contributed by atoms with Gasteiger partial charge in [-0.15, -0.1) is 0 Å². The summed E-state index contributed by atoms with van der Waals surface area (Å²) in [4.78, 5) is 0. The van der Waals surface area contributed by atoms with Crippen molar-refractivity contribution < 1.29 is 4.74 Å². The average Bonchev–Trinajstić information content (AvgIpc) is 2.47. The number of para-hydroxylation sites is 1. The Hall–Kier alpha value is -1.78. The fourth-order valence-electron chi connectivity index (χ4n) is 2.30. The minimum Gasteiger partial charge on any atom is -0.495 e. The number of ether oxygens (including phenoxy) is 1. The van der Waals surface area contributed by atoms with E-state index in [1.165, 1.54) is 5.56 Å². The van der Waals surface area contributed by atoms with E-state index in [1.807, 2.05) is 18.2 Å². The van der Waals surface area contributed by atoms with Crippen LogP contribution < -0.4 is 15.4 Å². The first-order valence-corrected chi connectivity index (χ1v) is 8.11. The van der Waals surface area contributed by atoms with Crippen LogP contribution in [0, 0.1) is 0 Å². The molecule has 0 spiro atoms. The maximum absolute atomic E-state index is 6.04. The van der Waals surface area contributed by atoms with Crippen LogP contribution in [-0.4, -0.2) is 12.2 Å². The van der Waals surface area contributed by atoms with Crippen LogP contribution in [-0.2, 0) is 5.41 Å². The number of hydrogen-bond donors (Lipinski definition) is 2. The van der Waals surface area contributed by atoms with Crippen molar-refractivity contribution in [2.45, 2.75) is 26.2 Å². The van der Waals surface area contributed by atoms with Crippen molar-refractivity contribution in [3.63, 3.8) is 0 Å². The summed E-state index contributed by atoms with van der Waals surface area (Å²) < 4.78 is 5.32. The normalized spacial score (nSPS) is 11.0. The molecule has 2 aromatic rings. The molecule has 0 amide bonds. The van der Waals surface area contributed by atoms with Gasteiger partial charge in [-0.1, -0.05) is 50.6 Å². The highest BCUT2D eigenvalue weighted by Gasteiger charge is 2.18. The van der Waals surface area contributed by atoms with Crippen molar-refractivity contribution in [2.24, 2.45) is 0 Å². The smallest absolute Gasteiger partial charge is 0.175 e. The Morgan fingerprint density at radius 2 is 1.70 bits per heavy atom. The first kappa shape index (κ1) is 17.6. The molecule has 0 heterocycles. The van der Waals surface area contributed by atoms with E-state index in [4.69, 9.17) is 28.6 Å². The van der Waals surface area contributed by atoms with E-state index in [-0.39, 0.29) is 5.41 Å². The SMILES string of the molecule is COc1ccc(Cl)cc1NC(=S)Nc1ccccc1C(C)(C)C. The Kier molecular flexibility index (Phi) is 5.50. The molecule has 0 saturated carbocycles. The molecule has 2 rings (SSSR count). The molecule has 0 aliphatic rings. The Balaban J connectivity index is 2.20. The number of nitrogens with one attached hydrogen (secondary N) is 2. The van der Waals surface area contributed by atoms with Gasteiger partial charge in [0.25, 0.3) is 0 Å². The molecule has 0 aliphatic heterocycles. The van der Waals surface area contributed by atoms with Crippen LogP contribution >= 0.6 is 23.8 Å². The van der Waals surface area contributed by atoms with Crippen LogP contribution in [0.1, 0.15) is 26.3 Å². The van der Waals surface area contributed by atoms with Crippen LogP contribution in [0.5, 0.6) is 5.75 Å². The highest BCUT2D eigenvalue weighted by Crippen LogP contribution is 2.30. The summed E-state index contributed by atoms with van der Waals surface area (Å²) in [5, 5.41) is 7.50. The Bertz CT molecular complexity index is 710. The zero-order valence-electron chi connectivity index (χ0n) is 13.7. The number of rotatable bonds is 3. The molecule has 0 fully saturated rings. The molecule has 2 aromatic carbocycles. The summed E-state index contributed by atoms with van der Waals surface area (Å²) in [6, 6.07) is 13.5. The molecule has 0 saturated heterocycles. The summed E-state index contributed by atoms with van der Waals surface area (Å²) in [5.74, 6) is 0.683. The quantitative estimate of drug-likeness (QED) is 0.722. The number of benzene rings is 2. The molecule has 0 aliphatic carbocycles. The Morgan fingerprint density at radius 1 is 1.04 bits per heavy atom. The van der Waals surface area contributed by atoms with Gasteiger partial charge in [-0.05, 0) is 47.5 Å². The van der Waals surface area contributed by atoms with E-state index in [0.717, 1.165) is 11.4 Å². The average molecular weight is 349 g/mol. The van der Waals surface area contributed by atoms with Crippen LogP contribution in [0.25, 0.3) is 0 Å². The lowest BCUT2D eigenvalue weighted by atomic mass is 9.86. The van der Waals surface area contributed by atoms with Gasteiger partial charge in [0, 0.05) is 10.7 Å². The summed E-state index contributed by atoms with van der Waals surface area (Å²) in [6.45, 7) is 6.51. The Morgan fingerprint density at radius 3 is 2.35 bits per heavy atom. The molecule has 0 atom stereocenters. The third-order valence-electron chi connectivity index (χ3n) is 3.39. The van der Waals surface area contributed by atoms with E-state index >= 15 is 0 Å². The molecule has 0 bridgehead atoms. The van der Waals surface area contributed by atoms with E-state index in [2.05, 4.69) is 37.5 Å². The second-order valence-corrected chi connectivity index (χ2v) is 7.06. The van der Waals surface area contributed by atoms with Gasteiger partial charge in [-0.3, -0.25) is 0 Å². The maximum atomic E-state index is 6.04. The van der Waals surface area contributed by atoms with E-state index in [1.54, 1.807) is 25.3 Å². The largest absolute Gasteiger partial charge is 0.495 e. The van der Waals surface area contributed by atoms with Gasteiger partial charge in [-0.25, -0.2) is 0 Å². The minimum atomic E-state index is 0.0208. The van der Waals surface area contributed by atoms with Crippen molar-refractivity contribution in [3.8, 4) is 5.75 Å². The van der Waals surface area contributed by atoms with E-state index in [0.29, 0.717) is 15.9 Å². The minimum absolute atomic E-state index is 0.0208. The van der Waals surface area contributed by atoms with E-state index in [9.17, 15) is 0 Å². The van der Waals surface area contributed by atoms with Crippen molar-refractivity contribution >= 4 is 40.3 Å². The highest BCUT2D eigenvalue weighted by atomic mass is 35.5. The molecular weight excluding hydrogens is 328 g/mol. The van der Waals surface area contributed by atoms with Gasteiger partial charge < -0.3 is 15.4 Å². The molecular formula is C18H21ClN2OS. The molecule has 23 heavy (non-hydrogen) atoms. The maximum Gasteiger partial charge on any atom is 0.175 e.